The molecule has 20 heavy (non-hydrogen) atoms. The lowest BCUT2D eigenvalue weighted by atomic mass is 9.80. The van der Waals surface area contributed by atoms with Gasteiger partial charge < -0.3 is 15.0 Å². The third kappa shape index (κ3) is 3.32. The van der Waals surface area contributed by atoms with Crippen LogP contribution in [0.2, 0.25) is 0 Å². The van der Waals surface area contributed by atoms with E-state index in [9.17, 15) is 9.59 Å². The van der Waals surface area contributed by atoms with Gasteiger partial charge in [-0.3, -0.25) is 9.59 Å². The third-order valence-corrected chi connectivity index (χ3v) is 4.52. The highest BCUT2D eigenvalue weighted by Gasteiger charge is 2.39. The zero-order valence-electron chi connectivity index (χ0n) is 12.6. The SMILES string of the molecule is CCOC(=O)C1CCN(C(=O)C2(C)CCCNC2)CC1. The van der Waals surface area contributed by atoms with E-state index in [0.29, 0.717) is 19.7 Å². The molecule has 1 atom stereocenters. The van der Waals surface area contributed by atoms with Gasteiger partial charge in [0.2, 0.25) is 5.91 Å². The monoisotopic (exact) mass is 282 g/mol. The molecule has 5 nitrogen and oxygen atoms in total. The van der Waals surface area contributed by atoms with Crippen molar-refractivity contribution in [1.82, 2.24) is 10.2 Å². The molecule has 1 N–H and O–H groups in total. The van der Waals surface area contributed by atoms with E-state index in [0.717, 1.165) is 38.8 Å². The largest absolute Gasteiger partial charge is 0.466 e. The van der Waals surface area contributed by atoms with Crippen LogP contribution in [-0.4, -0.2) is 49.6 Å². The number of esters is 1. The van der Waals surface area contributed by atoms with Gasteiger partial charge in [0, 0.05) is 19.6 Å². The molecule has 0 aliphatic carbocycles. The molecule has 2 heterocycles. The second-order valence-electron chi connectivity index (χ2n) is 6.16. The van der Waals surface area contributed by atoms with Crippen LogP contribution in [-0.2, 0) is 14.3 Å². The van der Waals surface area contributed by atoms with Gasteiger partial charge in [0.15, 0.2) is 0 Å². The first kappa shape index (κ1) is 15.3. The molecular weight excluding hydrogens is 256 g/mol. The topological polar surface area (TPSA) is 58.6 Å². The Bertz CT molecular complexity index is 356. The lowest BCUT2D eigenvalue weighted by Crippen LogP contribution is -2.52. The van der Waals surface area contributed by atoms with Gasteiger partial charge in [-0.25, -0.2) is 0 Å². The summed E-state index contributed by atoms with van der Waals surface area (Å²) in [4.78, 5) is 26.3. The predicted molar refractivity (Wildman–Crippen MR) is 76.1 cm³/mol. The summed E-state index contributed by atoms with van der Waals surface area (Å²) in [6.07, 6.45) is 3.47. The number of nitrogens with one attached hydrogen (secondary N) is 1. The molecule has 114 valence electrons. The summed E-state index contributed by atoms with van der Waals surface area (Å²) in [7, 11) is 0. The minimum atomic E-state index is -0.269. The minimum absolute atomic E-state index is 0.0312. The van der Waals surface area contributed by atoms with Crippen LogP contribution < -0.4 is 5.32 Å². The van der Waals surface area contributed by atoms with E-state index in [1.807, 2.05) is 11.8 Å². The highest BCUT2D eigenvalue weighted by Crippen LogP contribution is 2.30. The maximum Gasteiger partial charge on any atom is 0.309 e. The maximum atomic E-state index is 12.6. The Morgan fingerprint density at radius 3 is 2.60 bits per heavy atom. The van der Waals surface area contributed by atoms with Gasteiger partial charge in [0.25, 0.3) is 0 Å². The predicted octanol–water partition coefficient (Wildman–Crippen LogP) is 1.18. The van der Waals surface area contributed by atoms with Crippen molar-refractivity contribution in [3.05, 3.63) is 0 Å². The van der Waals surface area contributed by atoms with Gasteiger partial charge >= 0.3 is 5.97 Å². The molecular formula is C15H26N2O3. The fourth-order valence-electron chi connectivity index (χ4n) is 3.20. The molecule has 2 aliphatic rings. The number of carbonyl (C=O) groups is 2. The van der Waals surface area contributed by atoms with Crippen LogP contribution in [0.5, 0.6) is 0 Å². The Hall–Kier alpha value is -1.10. The average molecular weight is 282 g/mol. The Morgan fingerprint density at radius 2 is 2.05 bits per heavy atom. The van der Waals surface area contributed by atoms with Crippen LogP contribution in [0, 0.1) is 11.3 Å². The number of rotatable bonds is 3. The van der Waals surface area contributed by atoms with Crippen molar-refractivity contribution < 1.29 is 14.3 Å². The van der Waals surface area contributed by atoms with Crippen molar-refractivity contribution in [1.29, 1.82) is 0 Å². The van der Waals surface area contributed by atoms with Crippen molar-refractivity contribution >= 4 is 11.9 Å². The molecule has 0 spiro atoms. The van der Waals surface area contributed by atoms with Crippen LogP contribution in [0.15, 0.2) is 0 Å². The first-order valence-electron chi connectivity index (χ1n) is 7.73. The van der Waals surface area contributed by atoms with Crippen LogP contribution in [0.25, 0.3) is 0 Å². The molecule has 2 aliphatic heterocycles. The molecule has 5 heteroatoms. The molecule has 2 fully saturated rings. The van der Waals surface area contributed by atoms with E-state index in [2.05, 4.69) is 12.2 Å². The van der Waals surface area contributed by atoms with E-state index in [1.54, 1.807) is 0 Å². The number of nitrogens with zero attached hydrogens (tertiary/aromatic N) is 1. The average Bonchev–Trinajstić information content (AvgIpc) is 2.48. The van der Waals surface area contributed by atoms with Gasteiger partial charge in [-0.2, -0.15) is 0 Å². The molecule has 2 rings (SSSR count). The van der Waals surface area contributed by atoms with Crippen LogP contribution in [0.4, 0.5) is 0 Å². The van der Waals surface area contributed by atoms with E-state index in [1.165, 1.54) is 0 Å². The first-order valence-corrected chi connectivity index (χ1v) is 7.73. The lowest BCUT2D eigenvalue weighted by molar-refractivity contribution is -0.153. The van der Waals surface area contributed by atoms with Gasteiger partial charge in [-0.05, 0) is 46.1 Å². The molecule has 1 unspecified atom stereocenters. The molecule has 0 aromatic rings. The number of amides is 1. The Kier molecular flexibility index (Phi) is 5.02. The zero-order valence-corrected chi connectivity index (χ0v) is 12.6. The number of ether oxygens (including phenoxy) is 1. The highest BCUT2D eigenvalue weighted by molar-refractivity contribution is 5.83. The molecule has 1 amide bonds. The lowest BCUT2D eigenvalue weighted by Gasteiger charge is -2.40. The second kappa shape index (κ2) is 6.57. The fourth-order valence-corrected chi connectivity index (χ4v) is 3.20. The number of piperidine rings is 2. The molecule has 0 radical (unpaired) electrons. The van der Waals surface area contributed by atoms with Gasteiger partial charge in [0.1, 0.15) is 0 Å². The summed E-state index contributed by atoms with van der Waals surface area (Å²) in [6, 6.07) is 0. The van der Waals surface area contributed by atoms with E-state index < -0.39 is 0 Å². The Labute approximate surface area is 121 Å². The van der Waals surface area contributed by atoms with Gasteiger partial charge in [0.05, 0.1) is 17.9 Å². The van der Waals surface area contributed by atoms with E-state index in [-0.39, 0.29) is 23.2 Å². The Balaban J connectivity index is 1.87. The quantitative estimate of drug-likeness (QED) is 0.790. The second-order valence-corrected chi connectivity index (χ2v) is 6.16. The van der Waals surface area contributed by atoms with Crippen LogP contribution >= 0.6 is 0 Å². The molecule has 0 aromatic carbocycles. The van der Waals surface area contributed by atoms with Crippen LogP contribution in [0.1, 0.15) is 39.5 Å². The Morgan fingerprint density at radius 1 is 1.35 bits per heavy atom. The van der Waals surface area contributed by atoms with Crippen molar-refractivity contribution in [2.24, 2.45) is 11.3 Å². The summed E-state index contributed by atoms with van der Waals surface area (Å²) in [5, 5.41) is 3.32. The number of hydrogen-bond acceptors (Lipinski definition) is 4. The van der Waals surface area contributed by atoms with Crippen LogP contribution in [0.3, 0.4) is 0 Å². The summed E-state index contributed by atoms with van der Waals surface area (Å²) in [5.41, 5.74) is -0.269. The first-order chi connectivity index (χ1) is 9.57. The zero-order chi connectivity index (χ0) is 14.6. The molecule has 2 saturated heterocycles. The van der Waals surface area contributed by atoms with Crippen molar-refractivity contribution in [3.8, 4) is 0 Å². The fraction of sp³-hybridized carbons (Fsp3) is 0.867. The van der Waals surface area contributed by atoms with Gasteiger partial charge in [-0.15, -0.1) is 0 Å². The van der Waals surface area contributed by atoms with Crippen molar-refractivity contribution in [2.45, 2.75) is 39.5 Å². The minimum Gasteiger partial charge on any atom is -0.466 e. The molecule has 0 aromatic heterocycles. The maximum absolute atomic E-state index is 12.6. The summed E-state index contributed by atoms with van der Waals surface area (Å²) >= 11 is 0. The highest BCUT2D eigenvalue weighted by atomic mass is 16.5. The third-order valence-electron chi connectivity index (χ3n) is 4.52. The number of likely N-dealkylation sites (tertiary alicyclic amines) is 1. The van der Waals surface area contributed by atoms with Crippen molar-refractivity contribution in [3.63, 3.8) is 0 Å². The summed E-state index contributed by atoms with van der Waals surface area (Å²) in [5.74, 6) is 0.105. The van der Waals surface area contributed by atoms with Gasteiger partial charge in [-0.1, -0.05) is 0 Å². The standard InChI is InChI=1S/C15H26N2O3/c1-3-20-13(18)12-5-9-17(10-6-12)14(19)15(2)7-4-8-16-11-15/h12,16H,3-11H2,1-2H3. The summed E-state index contributed by atoms with van der Waals surface area (Å²) < 4.78 is 5.06. The normalized spacial score (nSPS) is 28.2. The number of carbonyl (C=O) groups excluding carboxylic acids is 2. The summed E-state index contributed by atoms with van der Waals surface area (Å²) in [6.45, 7) is 7.45. The van der Waals surface area contributed by atoms with E-state index in [4.69, 9.17) is 4.74 Å². The van der Waals surface area contributed by atoms with Crippen molar-refractivity contribution in [2.75, 3.05) is 32.8 Å². The molecule has 0 bridgehead atoms. The number of hydrogen-bond donors (Lipinski definition) is 1. The molecule has 0 saturated carbocycles. The van der Waals surface area contributed by atoms with E-state index >= 15 is 0 Å². The smallest absolute Gasteiger partial charge is 0.309 e.